The molecule has 26 heavy (non-hydrogen) atoms. The van der Waals surface area contributed by atoms with Gasteiger partial charge in [-0.2, -0.15) is 0 Å². The number of nitrogens with zero attached hydrogens (tertiary/aromatic N) is 1. The molecule has 2 aromatic rings. The number of rotatable bonds is 5. The van der Waals surface area contributed by atoms with Crippen LogP contribution in [0.25, 0.3) is 0 Å². The minimum absolute atomic E-state index is 0.0388. The molecule has 1 aromatic carbocycles. The first-order valence-electron chi connectivity index (χ1n) is 8.39. The van der Waals surface area contributed by atoms with Crippen molar-refractivity contribution in [3.63, 3.8) is 0 Å². The first-order valence-corrected chi connectivity index (χ1v) is 9.21. The second-order valence-electron chi connectivity index (χ2n) is 5.86. The van der Waals surface area contributed by atoms with Gasteiger partial charge in [-0.1, -0.05) is 12.1 Å². The number of ether oxygens (including phenoxy) is 1. The van der Waals surface area contributed by atoms with Crippen LogP contribution in [0.4, 0.5) is 11.4 Å². The first kappa shape index (κ1) is 18.1. The highest BCUT2D eigenvalue weighted by atomic mass is 32.1. The molecule has 1 amide bonds. The van der Waals surface area contributed by atoms with Crippen LogP contribution in [-0.2, 0) is 17.6 Å². The monoisotopic (exact) mass is 374 g/mol. The highest BCUT2D eigenvalue weighted by molar-refractivity contribution is 7.14. The second kappa shape index (κ2) is 7.65. The van der Waals surface area contributed by atoms with E-state index in [1.165, 1.54) is 29.5 Å². The van der Waals surface area contributed by atoms with Crippen molar-refractivity contribution in [1.29, 1.82) is 0 Å². The molecule has 0 fully saturated rings. The maximum absolute atomic E-state index is 12.7. The zero-order valence-electron chi connectivity index (χ0n) is 14.2. The van der Waals surface area contributed by atoms with Crippen molar-refractivity contribution in [3.05, 3.63) is 55.3 Å². The van der Waals surface area contributed by atoms with E-state index in [4.69, 9.17) is 4.74 Å². The molecule has 8 heteroatoms. The molecule has 0 atom stereocenters. The Labute approximate surface area is 154 Å². The maximum atomic E-state index is 12.7. The number of amides is 1. The minimum atomic E-state index is -0.603. The van der Waals surface area contributed by atoms with E-state index in [9.17, 15) is 19.7 Å². The van der Waals surface area contributed by atoms with E-state index in [1.807, 2.05) is 0 Å². The average molecular weight is 374 g/mol. The molecule has 1 N–H and O–H groups in total. The number of nitro benzene ring substituents is 1. The number of carbonyl (C=O) groups is 2. The van der Waals surface area contributed by atoms with E-state index in [2.05, 4.69) is 5.32 Å². The fraction of sp³-hybridized carbons (Fsp3) is 0.333. The summed E-state index contributed by atoms with van der Waals surface area (Å²) in [6.45, 7) is 1.95. The summed E-state index contributed by atoms with van der Waals surface area (Å²) in [5, 5.41) is 13.9. The first-order chi connectivity index (χ1) is 12.5. The molecule has 7 nitrogen and oxygen atoms in total. The zero-order valence-corrected chi connectivity index (χ0v) is 15.1. The van der Waals surface area contributed by atoms with Crippen LogP contribution in [0.5, 0.6) is 0 Å². The number of hydrogen-bond donors (Lipinski definition) is 1. The molecule has 0 unspecified atom stereocenters. The van der Waals surface area contributed by atoms with Gasteiger partial charge in [-0.3, -0.25) is 14.9 Å². The molecule has 0 saturated heterocycles. The van der Waals surface area contributed by atoms with Crippen LogP contribution in [0.15, 0.2) is 24.3 Å². The van der Waals surface area contributed by atoms with E-state index < -0.39 is 16.8 Å². The molecule has 0 spiro atoms. The smallest absolute Gasteiger partial charge is 0.350 e. The van der Waals surface area contributed by atoms with Crippen molar-refractivity contribution in [2.24, 2.45) is 0 Å². The summed E-state index contributed by atoms with van der Waals surface area (Å²) in [5.41, 5.74) is 1.07. The lowest BCUT2D eigenvalue weighted by molar-refractivity contribution is -0.385. The quantitative estimate of drug-likeness (QED) is 0.485. The van der Waals surface area contributed by atoms with Gasteiger partial charge in [0, 0.05) is 10.9 Å². The summed E-state index contributed by atoms with van der Waals surface area (Å²) in [5.74, 6) is -1.08. The number of para-hydroxylation sites is 1. The van der Waals surface area contributed by atoms with Crippen molar-refractivity contribution in [1.82, 2.24) is 0 Å². The molecule has 1 aliphatic carbocycles. The number of aryl methyl sites for hydroxylation is 1. The van der Waals surface area contributed by atoms with E-state index in [0.717, 1.165) is 36.1 Å². The van der Waals surface area contributed by atoms with Crippen LogP contribution >= 0.6 is 11.3 Å². The molecule has 0 aliphatic heterocycles. The van der Waals surface area contributed by atoms with Gasteiger partial charge in [0.25, 0.3) is 11.6 Å². The van der Waals surface area contributed by atoms with Crippen molar-refractivity contribution in [2.45, 2.75) is 32.6 Å². The van der Waals surface area contributed by atoms with Gasteiger partial charge in [0.15, 0.2) is 0 Å². The SMILES string of the molecule is CCOC(=O)c1sc2c(c1NC(=O)c1ccccc1[N+](=O)[O-])CCCC2. The van der Waals surface area contributed by atoms with Gasteiger partial charge in [-0.05, 0) is 44.2 Å². The Morgan fingerprint density at radius 3 is 2.73 bits per heavy atom. The van der Waals surface area contributed by atoms with Gasteiger partial charge < -0.3 is 10.1 Å². The lowest BCUT2D eigenvalue weighted by Crippen LogP contribution is -2.17. The number of fused-ring (bicyclic) bond motifs is 1. The Hall–Kier alpha value is -2.74. The highest BCUT2D eigenvalue weighted by Gasteiger charge is 2.28. The third-order valence-electron chi connectivity index (χ3n) is 4.22. The second-order valence-corrected chi connectivity index (χ2v) is 6.97. The molecule has 1 aromatic heterocycles. The number of thiophene rings is 1. The maximum Gasteiger partial charge on any atom is 0.350 e. The Balaban J connectivity index is 1.99. The van der Waals surface area contributed by atoms with Gasteiger partial charge in [-0.15, -0.1) is 11.3 Å². The van der Waals surface area contributed by atoms with Crippen molar-refractivity contribution in [2.75, 3.05) is 11.9 Å². The molecule has 0 radical (unpaired) electrons. The molecule has 0 bridgehead atoms. The standard InChI is InChI=1S/C18H18N2O5S/c1-2-25-18(22)16-15(12-8-4-6-10-14(12)26-16)19-17(21)11-7-3-5-9-13(11)20(23)24/h3,5,7,9H,2,4,6,8,10H2,1H3,(H,19,21). The topological polar surface area (TPSA) is 98.5 Å². The van der Waals surface area contributed by atoms with Gasteiger partial charge in [-0.25, -0.2) is 4.79 Å². The number of anilines is 1. The van der Waals surface area contributed by atoms with Crippen molar-refractivity contribution < 1.29 is 19.2 Å². The van der Waals surface area contributed by atoms with Crippen molar-refractivity contribution >= 4 is 34.6 Å². The Morgan fingerprint density at radius 2 is 2.00 bits per heavy atom. The summed E-state index contributed by atoms with van der Waals surface area (Å²) in [4.78, 5) is 37.0. The summed E-state index contributed by atoms with van der Waals surface area (Å²) >= 11 is 1.33. The van der Waals surface area contributed by atoms with E-state index in [-0.39, 0.29) is 17.9 Å². The predicted octanol–water partition coefficient (Wildman–Crippen LogP) is 3.96. The Kier molecular flexibility index (Phi) is 5.32. The van der Waals surface area contributed by atoms with Crippen LogP contribution in [0, 0.1) is 10.1 Å². The molecule has 3 rings (SSSR count). The van der Waals surface area contributed by atoms with Gasteiger partial charge in [0.1, 0.15) is 10.4 Å². The largest absolute Gasteiger partial charge is 0.462 e. The third-order valence-corrected chi connectivity index (χ3v) is 5.49. The molecule has 1 aliphatic rings. The number of carbonyl (C=O) groups excluding carboxylic acids is 2. The Morgan fingerprint density at radius 1 is 1.27 bits per heavy atom. The summed E-state index contributed by atoms with van der Waals surface area (Å²) in [7, 11) is 0. The van der Waals surface area contributed by atoms with Crippen LogP contribution in [0.3, 0.4) is 0 Å². The number of hydrogen-bond acceptors (Lipinski definition) is 6. The Bertz CT molecular complexity index is 874. The van der Waals surface area contributed by atoms with Gasteiger partial charge in [0.2, 0.25) is 0 Å². The molecule has 0 saturated carbocycles. The minimum Gasteiger partial charge on any atom is -0.462 e. The van der Waals surface area contributed by atoms with Crippen LogP contribution in [0.2, 0.25) is 0 Å². The van der Waals surface area contributed by atoms with Gasteiger partial charge in [0.05, 0.1) is 17.2 Å². The predicted molar refractivity (Wildman–Crippen MR) is 98.0 cm³/mol. The summed E-state index contributed by atoms with van der Waals surface area (Å²) in [6, 6.07) is 5.75. The van der Waals surface area contributed by atoms with Gasteiger partial charge >= 0.3 is 5.97 Å². The zero-order chi connectivity index (χ0) is 18.7. The molecule has 136 valence electrons. The van der Waals surface area contributed by atoms with E-state index >= 15 is 0 Å². The van der Waals surface area contributed by atoms with E-state index in [1.54, 1.807) is 13.0 Å². The van der Waals surface area contributed by atoms with Crippen molar-refractivity contribution in [3.8, 4) is 0 Å². The normalized spacial score (nSPS) is 13.0. The highest BCUT2D eigenvalue weighted by Crippen LogP contribution is 2.39. The van der Waals surface area contributed by atoms with Crippen LogP contribution in [-0.4, -0.2) is 23.4 Å². The lowest BCUT2D eigenvalue weighted by atomic mass is 9.97. The number of nitrogens with one attached hydrogen (secondary N) is 1. The molecular weight excluding hydrogens is 356 g/mol. The molecule has 1 heterocycles. The van der Waals surface area contributed by atoms with Crippen LogP contribution < -0.4 is 5.32 Å². The fourth-order valence-electron chi connectivity index (χ4n) is 3.04. The number of benzene rings is 1. The third kappa shape index (κ3) is 3.45. The summed E-state index contributed by atoms with van der Waals surface area (Å²) < 4.78 is 5.11. The van der Waals surface area contributed by atoms with E-state index in [0.29, 0.717) is 10.6 Å². The number of esters is 1. The molecular formula is C18H18N2O5S. The fourth-order valence-corrected chi connectivity index (χ4v) is 4.28. The summed E-state index contributed by atoms with van der Waals surface area (Å²) in [6.07, 6.45) is 3.62. The lowest BCUT2D eigenvalue weighted by Gasteiger charge is -2.14. The van der Waals surface area contributed by atoms with Crippen LogP contribution in [0.1, 0.15) is 50.2 Å². The number of nitro groups is 1. The average Bonchev–Trinajstić information content (AvgIpc) is 3.00.